The number of carbonyl (C=O) groups is 1. The van der Waals surface area contributed by atoms with Gasteiger partial charge in [-0.15, -0.1) is 16.4 Å². The highest BCUT2D eigenvalue weighted by Crippen LogP contribution is 2.23. The lowest BCUT2D eigenvalue weighted by molar-refractivity contribution is 0.0948. The van der Waals surface area contributed by atoms with Gasteiger partial charge in [-0.05, 0) is 43.1 Å². The van der Waals surface area contributed by atoms with E-state index in [4.69, 9.17) is 5.73 Å². The Hall–Kier alpha value is -3.08. The molecule has 0 aliphatic rings. The minimum atomic E-state index is -0.469. The van der Waals surface area contributed by atoms with Crippen molar-refractivity contribution in [3.05, 3.63) is 32.8 Å². The highest BCUT2D eigenvalue weighted by atomic mass is 32.1. The first-order valence-corrected chi connectivity index (χ1v) is 9.07. The van der Waals surface area contributed by atoms with Gasteiger partial charge in [0.1, 0.15) is 0 Å². The Kier molecular flexibility index (Phi) is 5.04. The average molecular weight is 388 g/mol. The van der Waals surface area contributed by atoms with Gasteiger partial charge in [0.2, 0.25) is 11.6 Å². The van der Waals surface area contributed by atoms with Crippen molar-refractivity contribution in [3.8, 4) is 5.82 Å². The van der Waals surface area contributed by atoms with Gasteiger partial charge in [-0.1, -0.05) is 19.1 Å². The number of thiophene rings is 1. The van der Waals surface area contributed by atoms with Crippen LogP contribution in [0.3, 0.4) is 0 Å². The second-order valence-electron chi connectivity index (χ2n) is 6.33. The fraction of sp³-hybridized carbons (Fsp3) is 0.375. The first-order chi connectivity index (χ1) is 12.8. The van der Waals surface area contributed by atoms with Gasteiger partial charge in [0.15, 0.2) is 5.69 Å². The Bertz CT molecular complexity index is 1010. The molecule has 3 aromatic heterocycles. The van der Waals surface area contributed by atoms with Crippen LogP contribution in [0, 0.1) is 13.8 Å². The number of hydrogen-bond donors (Lipinski definition) is 2. The zero-order valence-corrected chi connectivity index (χ0v) is 16.5. The van der Waals surface area contributed by atoms with E-state index >= 15 is 0 Å². The molecule has 0 fully saturated rings. The van der Waals surface area contributed by atoms with Crippen molar-refractivity contribution >= 4 is 28.8 Å². The van der Waals surface area contributed by atoms with Crippen molar-refractivity contribution < 1.29 is 9.42 Å². The maximum absolute atomic E-state index is 12.6. The van der Waals surface area contributed by atoms with Crippen molar-refractivity contribution in [1.82, 2.24) is 30.7 Å². The SMILES string of the molecule is C/C(=N\NC(=O)c1nnn(-c2nonc2N)c1C(C)C)c1cc(C)sc1C. The molecule has 0 aromatic carbocycles. The molecular formula is C16H20N8O2S. The maximum atomic E-state index is 12.6. The van der Waals surface area contributed by atoms with E-state index in [1.165, 1.54) is 9.56 Å². The number of hydrazone groups is 1. The molecule has 0 aliphatic carbocycles. The number of carbonyl (C=O) groups excluding carboxylic acids is 1. The molecule has 0 spiro atoms. The van der Waals surface area contributed by atoms with E-state index in [0.29, 0.717) is 11.4 Å². The van der Waals surface area contributed by atoms with Gasteiger partial charge in [-0.3, -0.25) is 4.79 Å². The minimum Gasteiger partial charge on any atom is -0.378 e. The molecule has 11 heteroatoms. The van der Waals surface area contributed by atoms with Crippen LogP contribution < -0.4 is 11.2 Å². The molecule has 142 valence electrons. The minimum absolute atomic E-state index is 0.0610. The Labute approximate surface area is 159 Å². The van der Waals surface area contributed by atoms with E-state index < -0.39 is 5.91 Å². The first kappa shape index (κ1) is 18.7. The van der Waals surface area contributed by atoms with Crippen LogP contribution in [0.4, 0.5) is 5.82 Å². The van der Waals surface area contributed by atoms with Gasteiger partial charge in [0, 0.05) is 15.3 Å². The van der Waals surface area contributed by atoms with Crippen molar-refractivity contribution in [2.45, 2.75) is 40.5 Å². The van der Waals surface area contributed by atoms with Gasteiger partial charge in [0.05, 0.1) is 11.4 Å². The third kappa shape index (κ3) is 3.58. The molecule has 27 heavy (non-hydrogen) atoms. The lowest BCUT2D eigenvalue weighted by Crippen LogP contribution is -2.22. The fourth-order valence-electron chi connectivity index (χ4n) is 2.70. The molecule has 0 bridgehead atoms. The van der Waals surface area contributed by atoms with E-state index in [1.807, 2.05) is 40.7 Å². The quantitative estimate of drug-likeness (QED) is 0.505. The van der Waals surface area contributed by atoms with Crippen molar-refractivity contribution in [3.63, 3.8) is 0 Å². The first-order valence-electron chi connectivity index (χ1n) is 8.25. The van der Waals surface area contributed by atoms with Crippen LogP contribution in [0.25, 0.3) is 5.82 Å². The van der Waals surface area contributed by atoms with Gasteiger partial charge in [-0.2, -0.15) is 9.78 Å². The molecule has 10 nitrogen and oxygen atoms in total. The summed E-state index contributed by atoms with van der Waals surface area (Å²) in [6, 6.07) is 2.04. The van der Waals surface area contributed by atoms with Crippen LogP contribution in [0.1, 0.15) is 58.2 Å². The molecule has 0 saturated carbocycles. The normalized spacial score (nSPS) is 12.0. The zero-order chi connectivity index (χ0) is 19.7. The van der Waals surface area contributed by atoms with E-state index in [9.17, 15) is 4.79 Å². The number of anilines is 1. The van der Waals surface area contributed by atoms with Crippen molar-refractivity contribution in [2.75, 3.05) is 5.73 Å². The smallest absolute Gasteiger partial charge is 0.293 e. The summed E-state index contributed by atoms with van der Waals surface area (Å²) in [6.07, 6.45) is 0. The lowest BCUT2D eigenvalue weighted by Gasteiger charge is -2.08. The maximum Gasteiger partial charge on any atom is 0.293 e. The average Bonchev–Trinajstić information content (AvgIpc) is 3.30. The second kappa shape index (κ2) is 7.27. The van der Waals surface area contributed by atoms with E-state index in [1.54, 1.807) is 11.3 Å². The summed E-state index contributed by atoms with van der Waals surface area (Å²) >= 11 is 1.68. The Morgan fingerprint density at radius 2 is 2.11 bits per heavy atom. The van der Waals surface area contributed by atoms with Crippen molar-refractivity contribution in [1.29, 1.82) is 0 Å². The number of nitrogens with two attached hydrogens (primary N) is 1. The number of rotatable bonds is 5. The Morgan fingerprint density at radius 3 is 2.67 bits per heavy atom. The topological polar surface area (TPSA) is 137 Å². The molecule has 3 rings (SSSR count). The number of nitrogen functional groups attached to an aromatic ring is 1. The lowest BCUT2D eigenvalue weighted by atomic mass is 10.1. The summed E-state index contributed by atoms with van der Waals surface area (Å²) in [6.45, 7) is 9.71. The molecule has 0 unspecified atom stereocenters. The molecule has 0 atom stereocenters. The number of nitrogens with one attached hydrogen (secondary N) is 1. The highest BCUT2D eigenvalue weighted by molar-refractivity contribution is 7.12. The monoisotopic (exact) mass is 388 g/mol. The summed E-state index contributed by atoms with van der Waals surface area (Å²) in [5.41, 5.74) is 10.7. The van der Waals surface area contributed by atoms with Gasteiger partial charge < -0.3 is 5.73 Å². The molecule has 3 heterocycles. The number of hydrogen-bond acceptors (Lipinski definition) is 9. The molecule has 0 aliphatic heterocycles. The van der Waals surface area contributed by atoms with Crippen LogP contribution in [0.5, 0.6) is 0 Å². The standard InChI is InChI=1S/C16H20N8O2S/c1-7(2)13-12(19-23-24(13)15-14(17)21-26-22-15)16(25)20-18-9(4)11-6-8(3)27-10(11)5/h6-7H,1-5H3,(H2,17,21)(H,20,25)/b18-9+. The van der Waals surface area contributed by atoms with Crippen LogP contribution >= 0.6 is 11.3 Å². The molecule has 3 aromatic rings. The molecular weight excluding hydrogens is 368 g/mol. The van der Waals surface area contributed by atoms with Crippen molar-refractivity contribution in [2.24, 2.45) is 5.10 Å². The van der Waals surface area contributed by atoms with Crippen LogP contribution in [0.15, 0.2) is 15.8 Å². The molecule has 0 radical (unpaired) electrons. The van der Waals surface area contributed by atoms with Gasteiger partial charge in [0.25, 0.3) is 5.91 Å². The third-order valence-electron chi connectivity index (χ3n) is 3.92. The van der Waals surface area contributed by atoms with E-state index in [-0.39, 0.29) is 23.2 Å². The number of aryl methyl sites for hydroxylation is 2. The predicted molar refractivity (Wildman–Crippen MR) is 101 cm³/mol. The number of aromatic nitrogens is 5. The number of amides is 1. The largest absolute Gasteiger partial charge is 0.378 e. The molecule has 0 saturated heterocycles. The zero-order valence-electron chi connectivity index (χ0n) is 15.6. The van der Waals surface area contributed by atoms with E-state index in [0.717, 1.165) is 10.4 Å². The summed E-state index contributed by atoms with van der Waals surface area (Å²) in [7, 11) is 0. The second-order valence-corrected chi connectivity index (χ2v) is 7.79. The molecule has 3 N–H and O–H groups in total. The predicted octanol–water partition coefficient (Wildman–Crippen LogP) is 2.19. The van der Waals surface area contributed by atoms with Gasteiger partial charge in [-0.25, -0.2) is 10.1 Å². The number of nitrogens with zero attached hydrogens (tertiary/aromatic N) is 6. The van der Waals surface area contributed by atoms with Crippen LogP contribution in [0.2, 0.25) is 0 Å². The van der Waals surface area contributed by atoms with Crippen LogP contribution in [-0.4, -0.2) is 36.9 Å². The van der Waals surface area contributed by atoms with Gasteiger partial charge >= 0.3 is 0 Å². The Morgan fingerprint density at radius 1 is 1.37 bits per heavy atom. The fourth-order valence-corrected chi connectivity index (χ4v) is 3.68. The van der Waals surface area contributed by atoms with E-state index in [2.05, 4.69) is 35.8 Å². The summed E-state index contributed by atoms with van der Waals surface area (Å²) in [5.74, 6) is -0.298. The Balaban J connectivity index is 1.89. The molecule has 1 amide bonds. The van der Waals surface area contributed by atoms with Crippen LogP contribution in [-0.2, 0) is 0 Å². The summed E-state index contributed by atoms with van der Waals surface area (Å²) in [5, 5.41) is 19.4. The summed E-state index contributed by atoms with van der Waals surface area (Å²) < 4.78 is 5.97. The highest BCUT2D eigenvalue weighted by Gasteiger charge is 2.25. The third-order valence-corrected chi connectivity index (χ3v) is 4.88. The summed E-state index contributed by atoms with van der Waals surface area (Å²) in [4.78, 5) is 15.0.